The van der Waals surface area contributed by atoms with Gasteiger partial charge in [0.1, 0.15) is 0 Å². The molecule has 2 atom stereocenters. The van der Waals surface area contributed by atoms with Crippen LogP contribution in [0.1, 0.15) is 49.0 Å². The molecule has 2 aromatic rings. The van der Waals surface area contributed by atoms with Crippen LogP contribution in [0.3, 0.4) is 0 Å². The fourth-order valence-electron chi connectivity index (χ4n) is 3.21. The van der Waals surface area contributed by atoms with Crippen molar-refractivity contribution in [2.24, 2.45) is 0 Å². The maximum atomic E-state index is 4.39. The van der Waals surface area contributed by atoms with Gasteiger partial charge in [-0.05, 0) is 51.7 Å². The Labute approximate surface area is 121 Å². The molecule has 0 aliphatic carbocycles. The highest BCUT2D eigenvalue weighted by Gasteiger charge is 2.22. The molecule has 1 N–H and O–H groups in total. The Hall–Kier alpha value is -1.61. The van der Waals surface area contributed by atoms with Gasteiger partial charge in [0.2, 0.25) is 0 Å². The van der Waals surface area contributed by atoms with Crippen molar-refractivity contribution in [3.63, 3.8) is 0 Å². The van der Waals surface area contributed by atoms with Crippen LogP contribution < -0.4 is 5.32 Å². The Morgan fingerprint density at radius 3 is 2.85 bits per heavy atom. The highest BCUT2D eigenvalue weighted by molar-refractivity contribution is 5.44. The van der Waals surface area contributed by atoms with E-state index in [9.17, 15) is 0 Å². The Balaban J connectivity index is 1.97. The van der Waals surface area contributed by atoms with E-state index in [0.29, 0.717) is 12.1 Å². The van der Waals surface area contributed by atoms with E-state index < -0.39 is 0 Å². The zero-order valence-electron chi connectivity index (χ0n) is 12.6. The lowest BCUT2D eigenvalue weighted by Gasteiger charge is -2.29. The standard InChI is InChI=1S/C17H23N3/c1-12-7-8-16(13(2)9-12)20-11-18-10-17(20)15-6-4-5-14(3)19-15/h7-11,14-15,19H,4-6H2,1-3H3. The van der Waals surface area contributed by atoms with Gasteiger partial charge in [-0.3, -0.25) is 0 Å². The maximum Gasteiger partial charge on any atom is 0.0994 e. The lowest BCUT2D eigenvalue weighted by molar-refractivity contribution is 0.334. The van der Waals surface area contributed by atoms with Gasteiger partial charge < -0.3 is 9.88 Å². The number of nitrogens with one attached hydrogen (secondary N) is 1. The Morgan fingerprint density at radius 1 is 1.25 bits per heavy atom. The molecule has 0 radical (unpaired) electrons. The van der Waals surface area contributed by atoms with E-state index in [-0.39, 0.29) is 0 Å². The number of benzene rings is 1. The minimum absolute atomic E-state index is 0.418. The van der Waals surface area contributed by atoms with Crippen molar-refractivity contribution in [1.82, 2.24) is 14.9 Å². The molecule has 0 saturated carbocycles. The molecular weight excluding hydrogens is 246 g/mol. The molecule has 0 bridgehead atoms. The third-order valence-corrected chi connectivity index (χ3v) is 4.25. The molecular formula is C17H23N3. The van der Waals surface area contributed by atoms with Crippen LogP contribution >= 0.6 is 0 Å². The van der Waals surface area contributed by atoms with Crippen LogP contribution in [-0.2, 0) is 0 Å². The molecule has 2 heterocycles. The van der Waals surface area contributed by atoms with Crippen LogP contribution in [0.5, 0.6) is 0 Å². The molecule has 106 valence electrons. The molecule has 0 amide bonds. The molecule has 2 unspecified atom stereocenters. The second-order valence-electron chi connectivity index (χ2n) is 6.03. The SMILES string of the molecule is Cc1ccc(-n2cncc2C2CCCC(C)N2)c(C)c1. The second kappa shape index (κ2) is 5.41. The van der Waals surface area contributed by atoms with Crippen molar-refractivity contribution in [3.05, 3.63) is 47.5 Å². The van der Waals surface area contributed by atoms with E-state index in [4.69, 9.17) is 0 Å². The van der Waals surface area contributed by atoms with Crippen LogP contribution in [0.2, 0.25) is 0 Å². The minimum Gasteiger partial charge on any atom is -0.306 e. The summed E-state index contributed by atoms with van der Waals surface area (Å²) in [6.07, 6.45) is 7.70. The van der Waals surface area contributed by atoms with Crippen molar-refractivity contribution in [2.75, 3.05) is 0 Å². The van der Waals surface area contributed by atoms with Crippen LogP contribution in [0.4, 0.5) is 0 Å². The third kappa shape index (κ3) is 2.50. The zero-order valence-corrected chi connectivity index (χ0v) is 12.6. The number of aromatic nitrogens is 2. The third-order valence-electron chi connectivity index (χ3n) is 4.25. The van der Waals surface area contributed by atoms with Crippen molar-refractivity contribution in [2.45, 2.75) is 52.1 Å². The lowest BCUT2D eigenvalue weighted by Crippen LogP contribution is -2.35. The van der Waals surface area contributed by atoms with Crippen molar-refractivity contribution >= 4 is 0 Å². The van der Waals surface area contributed by atoms with E-state index in [0.717, 1.165) is 0 Å². The van der Waals surface area contributed by atoms with Crippen LogP contribution in [-0.4, -0.2) is 15.6 Å². The van der Waals surface area contributed by atoms with Crippen molar-refractivity contribution < 1.29 is 0 Å². The summed E-state index contributed by atoms with van der Waals surface area (Å²) in [6, 6.07) is 7.61. The smallest absolute Gasteiger partial charge is 0.0994 e. The summed E-state index contributed by atoms with van der Waals surface area (Å²) in [7, 11) is 0. The van der Waals surface area contributed by atoms with Crippen LogP contribution in [0, 0.1) is 13.8 Å². The number of rotatable bonds is 2. The Bertz CT molecular complexity index is 600. The average Bonchev–Trinajstić information content (AvgIpc) is 2.87. The number of nitrogens with zero attached hydrogens (tertiary/aromatic N) is 2. The summed E-state index contributed by atoms with van der Waals surface area (Å²) < 4.78 is 2.24. The summed E-state index contributed by atoms with van der Waals surface area (Å²) in [4.78, 5) is 4.39. The lowest BCUT2D eigenvalue weighted by atomic mass is 9.97. The average molecular weight is 269 g/mol. The van der Waals surface area contributed by atoms with E-state index in [2.05, 4.69) is 53.8 Å². The zero-order chi connectivity index (χ0) is 14.1. The molecule has 1 aromatic carbocycles. The Kier molecular flexibility index (Phi) is 3.62. The highest BCUT2D eigenvalue weighted by Crippen LogP contribution is 2.28. The second-order valence-corrected chi connectivity index (χ2v) is 6.03. The van der Waals surface area contributed by atoms with E-state index in [1.807, 2.05) is 12.5 Å². The van der Waals surface area contributed by atoms with E-state index in [1.54, 1.807) is 0 Å². The summed E-state index contributed by atoms with van der Waals surface area (Å²) in [5.41, 5.74) is 5.12. The minimum atomic E-state index is 0.418. The first-order valence-electron chi connectivity index (χ1n) is 7.51. The quantitative estimate of drug-likeness (QED) is 0.901. The predicted octanol–water partition coefficient (Wildman–Crippen LogP) is 3.69. The molecule has 1 saturated heterocycles. The van der Waals surface area contributed by atoms with Gasteiger partial charge in [0.05, 0.1) is 18.2 Å². The molecule has 1 fully saturated rings. The van der Waals surface area contributed by atoms with E-state index in [1.165, 1.54) is 41.8 Å². The number of imidazole rings is 1. The van der Waals surface area contributed by atoms with Crippen LogP contribution in [0.25, 0.3) is 5.69 Å². The van der Waals surface area contributed by atoms with Crippen molar-refractivity contribution in [3.8, 4) is 5.69 Å². The van der Waals surface area contributed by atoms with Crippen molar-refractivity contribution in [1.29, 1.82) is 0 Å². The molecule has 0 spiro atoms. The van der Waals surface area contributed by atoms with Gasteiger partial charge in [-0.25, -0.2) is 4.98 Å². The number of hydrogen-bond acceptors (Lipinski definition) is 2. The van der Waals surface area contributed by atoms with Gasteiger partial charge in [0, 0.05) is 17.8 Å². The predicted molar refractivity (Wildman–Crippen MR) is 82.2 cm³/mol. The molecule has 1 aromatic heterocycles. The van der Waals surface area contributed by atoms with Gasteiger partial charge in [-0.2, -0.15) is 0 Å². The molecule has 3 rings (SSSR count). The molecule has 3 heteroatoms. The molecule has 3 nitrogen and oxygen atoms in total. The summed E-state index contributed by atoms with van der Waals surface area (Å²) in [5, 5.41) is 3.70. The van der Waals surface area contributed by atoms with Gasteiger partial charge in [0.15, 0.2) is 0 Å². The topological polar surface area (TPSA) is 29.9 Å². The van der Waals surface area contributed by atoms with Gasteiger partial charge in [-0.1, -0.05) is 17.7 Å². The number of aryl methyl sites for hydroxylation is 2. The first kappa shape index (κ1) is 13.4. The normalized spacial score (nSPS) is 22.9. The highest BCUT2D eigenvalue weighted by atomic mass is 15.1. The van der Waals surface area contributed by atoms with Gasteiger partial charge in [0.25, 0.3) is 0 Å². The first-order valence-corrected chi connectivity index (χ1v) is 7.51. The summed E-state index contributed by atoms with van der Waals surface area (Å²) >= 11 is 0. The molecule has 20 heavy (non-hydrogen) atoms. The first-order chi connectivity index (χ1) is 9.65. The largest absolute Gasteiger partial charge is 0.306 e. The fraction of sp³-hybridized carbons (Fsp3) is 0.471. The molecule has 1 aliphatic heterocycles. The number of piperidine rings is 1. The maximum absolute atomic E-state index is 4.39. The number of hydrogen-bond donors (Lipinski definition) is 1. The van der Waals surface area contributed by atoms with Crippen LogP contribution in [0.15, 0.2) is 30.7 Å². The fourth-order valence-corrected chi connectivity index (χ4v) is 3.21. The van der Waals surface area contributed by atoms with Gasteiger partial charge >= 0.3 is 0 Å². The molecule has 1 aliphatic rings. The monoisotopic (exact) mass is 269 g/mol. The summed E-state index contributed by atoms with van der Waals surface area (Å²) in [6.45, 7) is 6.57. The van der Waals surface area contributed by atoms with Gasteiger partial charge in [-0.15, -0.1) is 0 Å². The van der Waals surface area contributed by atoms with E-state index >= 15 is 0 Å². The Morgan fingerprint density at radius 2 is 2.10 bits per heavy atom. The summed E-state index contributed by atoms with van der Waals surface area (Å²) in [5.74, 6) is 0.